The zero-order chi connectivity index (χ0) is 11.5. The highest BCUT2D eigenvalue weighted by Gasteiger charge is 2.34. The summed E-state index contributed by atoms with van der Waals surface area (Å²) in [5.41, 5.74) is -0.338. The third-order valence-electron chi connectivity index (χ3n) is 1.89. The Morgan fingerprint density at radius 1 is 1.40 bits per heavy atom. The summed E-state index contributed by atoms with van der Waals surface area (Å²) < 4.78 is 41.8. The average molecular weight is 218 g/mol. The van der Waals surface area contributed by atoms with Crippen molar-refractivity contribution in [3.8, 4) is 5.75 Å². The lowest BCUT2D eigenvalue weighted by atomic mass is 10.1. The van der Waals surface area contributed by atoms with Crippen LogP contribution in [0, 0.1) is 0 Å². The number of halogens is 3. The molecule has 0 aliphatic rings. The first kappa shape index (κ1) is 11.6. The van der Waals surface area contributed by atoms with Crippen molar-refractivity contribution in [3.63, 3.8) is 0 Å². The van der Waals surface area contributed by atoms with Crippen LogP contribution in [0.1, 0.15) is 11.1 Å². The van der Waals surface area contributed by atoms with Gasteiger partial charge in [-0.1, -0.05) is 6.07 Å². The molecule has 0 fully saturated rings. The summed E-state index contributed by atoms with van der Waals surface area (Å²) in [5, 5.41) is 0. The number of hydrogen-bond donors (Lipinski definition) is 0. The zero-order valence-electron chi connectivity index (χ0n) is 7.97. The van der Waals surface area contributed by atoms with Gasteiger partial charge in [0.2, 0.25) is 0 Å². The van der Waals surface area contributed by atoms with Gasteiger partial charge in [-0.3, -0.25) is 0 Å². The normalized spacial score (nSPS) is 11.2. The average Bonchev–Trinajstić information content (AvgIpc) is 2.16. The molecule has 0 aliphatic carbocycles. The van der Waals surface area contributed by atoms with E-state index in [0.29, 0.717) is 11.8 Å². The Bertz CT molecular complexity index is 358. The van der Waals surface area contributed by atoms with Crippen LogP contribution in [0.2, 0.25) is 0 Å². The fourth-order valence-electron chi connectivity index (χ4n) is 1.19. The number of hydrogen-bond acceptors (Lipinski definition) is 2. The molecule has 0 spiro atoms. The van der Waals surface area contributed by atoms with Gasteiger partial charge in [-0.25, -0.2) is 0 Å². The van der Waals surface area contributed by atoms with Crippen molar-refractivity contribution < 1.29 is 22.7 Å². The molecule has 0 aliphatic heterocycles. The Morgan fingerprint density at radius 2 is 2.07 bits per heavy atom. The van der Waals surface area contributed by atoms with Crippen molar-refractivity contribution in [1.82, 2.24) is 0 Å². The monoisotopic (exact) mass is 218 g/mol. The first-order valence-electron chi connectivity index (χ1n) is 4.16. The molecule has 0 unspecified atom stereocenters. The first-order chi connectivity index (χ1) is 6.99. The van der Waals surface area contributed by atoms with E-state index >= 15 is 0 Å². The summed E-state index contributed by atoms with van der Waals surface area (Å²) in [6.45, 7) is 0. The van der Waals surface area contributed by atoms with Crippen LogP contribution in [-0.4, -0.2) is 13.4 Å². The lowest BCUT2D eigenvalue weighted by molar-refractivity contribution is -0.138. The zero-order valence-corrected chi connectivity index (χ0v) is 7.97. The molecule has 15 heavy (non-hydrogen) atoms. The second-order valence-electron chi connectivity index (χ2n) is 2.90. The molecule has 5 heteroatoms. The fourth-order valence-corrected chi connectivity index (χ4v) is 1.19. The van der Waals surface area contributed by atoms with Crippen LogP contribution in [-0.2, 0) is 17.4 Å². The topological polar surface area (TPSA) is 26.3 Å². The van der Waals surface area contributed by atoms with Gasteiger partial charge in [-0.2, -0.15) is 13.2 Å². The maximum atomic E-state index is 12.4. The number of aldehydes is 1. The summed E-state index contributed by atoms with van der Waals surface area (Å²) in [7, 11) is 1.16. The van der Waals surface area contributed by atoms with Crippen LogP contribution in [0.25, 0.3) is 0 Å². The van der Waals surface area contributed by atoms with Crippen molar-refractivity contribution in [2.75, 3.05) is 7.11 Å². The summed E-state index contributed by atoms with van der Waals surface area (Å²) in [6.07, 6.45) is -3.73. The molecule has 1 aromatic carbocycles. The van der Waals surface area contributed by atoms with Crippen LogP contribution in [0.15, 0.2) is 18.2 Å². The first-order valence-corrected chi connectivity index (χ1v) is 4.16. The predicted octanol–water partition coefficient (Wildman–Crippen LogP) is 2.46. The molecule has 0 amide bonds. The molecule has 0 saturated carbocycles. The third-order valence-corrected chi connectivity index (χ3v) is 1.89. The van der Waals surface area contributed by atoms with E-state index in [1.165, 1.54) is 12.1 Å². The summed E-state index contributed by atoms with van der Waals surface area (Å²) in [5.74, 6) is -0.262. The predicted molar refractivity (Wildman–Crippen MR) is 47.8 cm³/mol. The molecule has 0 saturated heterocycles. The Labute approximate surface area is 84.7 Å². The van der Waals surface area contributed by atoms with Crippen LogP contribution < -0.4 is 4.74 Å². The highest BCUT2D eigenvalue weighted by molar-refractivity contribution is 5.56. The van der Waals surface area contributed by atoms with Crippen molar-refractivity contribution in [2.24, 2.45) is 0 Å². The number of carbonyl (C=O) groups excluding carboxylic acids is 1. The van der Waals surface area contributed by atoms with Gasteiger partial charge in [0.1, 0.15) is 12.0 Å². The lowest BCUT2D eigenvalue weighted by Crippen LogP contribution is -2.07. The minimum Gasteiger partial charge on any atom is -0.496 e. The van der Waals surface area contributed by atoms with E-state index in [0.717, 1.165) is 13.2 Å². The smallest absolute Gasteiger partial charge is 0.419 e. The van der Waals surface area contributed by atoms with Gasteiger partial charge in [-0.05, 0) is 17.7 Å². The second-order valence-corrected chi connectivity index (χ2v) is 2.90. The highest BCUT2D eigenvalue weighted by atomic mass is 19.4. The second kappa shape index (κ2) is 4.33. The molecule has 0 radical (unpaired) electrons. The number of methoxy groups -OCH3 is 1. The summed E-state index contributed by atoms with van der Waals surface area (Å²) in [6, 6.07) is 3.40. The third kappa shape index (κ3) is 2.71. The molecule has 1 rings (SSSR count). The summed E-state index contributed by atoms with van der Waals surface area (Å²) >= 11 is 0. The molecule has 0 bridgehead atoms. The Hall–Kier alpha value is -1.52. The SMILES string of the molecule is COc1cc(CC=O)ccc1C(F)(F)F. The van der Waals surface area contributed by atoms with Crippen molar-refractivity contribution >= 4 is 6.29 Å². The van der Waals surface area contributed by atoms with Crippen molar-refractivity contribution in [1.29, 1.82) is 0 Å². The number of ether oxygens (including phenoxy) is 1. The number of alkyl halides is 3. The largest absolute Gasteiger partial charge is 0.496 e. The van der Waals surface area contributed by atoms with Gasteiger partial charge in [0.15, 0.2) is 0 Å². The van der Waals surface area contributed by atoms with Crippen LogP contribution in [0.4, 0.5) is 13.2 Å². The Balaban J connectivity index is 3.15. The van der Waals surface area contributed by atoms with E-state index < -0.39 is 11.7 Å². The number of benzene rings is 1. The molecule has 0 heterocycles. The van der Waals surface area contributed by atoms with Crippen molar-refractivity contribution in [2.45, 2.75) is 12.6 Å². The number of carbonyl (C=O) groups is 1. The van der Waals surface area contributed by atoms with E-state index in [-0.39, 0.29) is 12.2 Å². The van der Waals surface area contributed by atoms with E-state index in [9.17, 15) is 18.0 Å². The minimum absolute atomic E-state index is 0.0779. The maximum Gasteiger partial charge on any atom is 0.419 e. The number of rotatable bonds is 3. The minimum atomic E-state index is -4.44. The molecule has 1 aromatic rings. The van der Waals surface area contributed by atoms with Gasteiger partial charge >= 0.3 is 6.18 Å². The maximum absolute atomic E-state index is 12.4. The standard InChI is InChI=1S/C10H9F3O2/c1-15-9-6-7(4-5-14)2-3-8(9)10(11,12)13/h2-3,5-6H,4H2,1H3. The van der Waals surface area contributed by atoms with E-state index in [1.54, 1.807) is 0 Å². The van der Waals surface area contributed by atoms with Gasteiger partial charge in [-0.15, -0.1) is 0 Å². The Morgan fingerprint density at radius 3 is 2.53 bits per heavy atom. The fraction of sp³-hybridized carbons (Fsp3) is 0.300. The molecule has 2 nitrogen and oxygen atoms in total. The van der Waals surface area contributed by atoms with Crippen molar-refractivity contribution in [3.05, 3.63) is 29.3 Å². The van der Waals surface area contributed by atoms with E-state index in [1.807, 2.05) is 0 Å². The molecule has 82 valence electrons. The molecule has 0 atom stereocenters. The van der Waals surface area contributed by atoms with Gasteiger partial charge in [0.25, 0.3) is 0 Å². The lowest BCUT2D eigenvalue weighted by Gasteiger charge is -2.12. The van der Waals surface area contributed by atoms with E-state index in [2.05, 4.69) is 4.74 Å². The highest BCUT2D eigenvalue weighted by Crippen LogP contribution is 2.36. The van der Waals surface area contributed by atoms with E-state index in [4.69, 9.17) is 0 Å². The van der Waals surface area contributed by atoms with Crippen LogP contribution in [0.5, 0.6) is 5.75 Å². The van der Waals surface area contributed by atoms with Crippen LogP contribution >= 0.6 is 0 Å². The van der Waals surface area contributed by atoms with Gasteiger partial charge < -0.3 is 9.53 Å². The van der Waals surface area contributed by atoms with Gasteiger partial charge in [0, 0.05) is 6.42 Å². The molecule has 0 N–H and O–H groups in total. The molecular weight excluding hydrogens is 209 g/mol. The Kier molecular flexibility index (Phi) is 3.34. The quantitative estimate of drug-likeness (QED) is 0.728. The molecular formula is C10H9F3O2. The van der Waals surface area contributed by atoms with Crippen LogP contribution in [0.3, 0.4) is 0 Å². The molecule has 0 aromatic heterocycles. The summed E-state index contributed by atoms with van der Waals surface area (Å²) in [4.78, 5) is 10.2. The van der Waals surface area contributed by atoms with Gasteiger partial charge in [0.05, 0.1) is 12.7 Å².